The lowest BCUT2D eigenvalue weighted by Gasteiger charge is -2.38. The third kappa shape index (κ3) is 6.40. The number of ether oxygens (including phenoxy) is 5. The topological polar surface area (TPSA) is 165 Å². The van der Waals surface area contributed by atoms with Crippen LogP contribution in [0.3, 0.4) is 0 Å². The van der Waals surface area contributed by atoms with E-state index >= 15 is 0 Å². The summed E-state index contributed by atoms with van der Waals surface area (Å²) < 4.78 is 29.4. The van der Waals surface area contributed by atoms with Crippen molar-refractivity contribution in [3.05, 3.63) is 86.1 Å². The molecule has 1 spiro atoms. The maximum atomic E-state index is 14.4. The van der Waals surface area contributed by atoms with E-state index in [-0.39, 0.29) is 64.9 Å². The summed E-state index contributed by atoms with van der Waals surface area (Å²) >= 11 is 8.14. The average Bonchev–Trinajstić information content (AvgIpc) is 3.48. The van der Waals surface area contributed by atoms with Gasteiger partial charge in [0.15, 0.2) is 28.8 Å². The number of carbonyl (C=O) groups excluding carboxylic acids is 3. The van der Waals surface area contributed by atoms with Crippen molar-refractivity contribution in [1.82, 2.24) is 14.9 Å². The van der Waals surface area contributed by atoms with E-state index in [2.05, 4.69) is 10.3 Å². The Morgan fingerprint density at radius 1 is 1.04 bits per heavy atom. The number of nitrogens with zero attached hydrogens (tertiary/aromatic N) is 2. The van der Waals surface area contributed by atoms with Crippen LogP contribution in [0.25, 0.3) is 10.9 Å². The molecule has 4 aromatic rings. The molecule has 3 atom stereocenters. The summed E-state index contributed by atoms with van der Waals surface area (Å²) in [5.41, 5.74) is -1.43. The molecular formula is C39H40ClN3O10S. The molecule has 6 rings (SSSR count). The van der Waals surface area contributed by atoms with Crippen LogP contribution in [0.2, 0.25) is 5.02 Å². The van der Waals surface area contributed by atoms with Crippen molar-refractivity contribution in [1.29, 1.82) is 0 Å². The van der Waals surface area contributed by atoms with Crippen molar-refractivity contribution >= 4 is 51.7 Å². The van der Waals surface area contributed by atoms with E-state index in [1.807, 2.05) is 18.4 Å². The van der Waals surface area contributed by atoms with Gasteiger partial charge in [-0.25, -0.2) is 4.98 Å². The van der Waals surface area contributed by atoms with Crippen molar-refractivity contribution in [2.24, 2.45) is 5.92 Å². The molecule has 1 unspecified atom stereocenters. The Balaban J connectivity index is 1.34. The summed E-state index contributed by atoms with van der Waals surface area (Å²) in [7, 11) is 5.76. The number of aryl methyl sites for hydroxylation is 1. The number of aliphatic hydroxyl groups is 1. The molecule has 1 aliphatic heterocycles. The number of aliphatic hydroxyl groups excluding tert-OH is 1. The lowest BCUT2D eigenvalue weighted by atomic mass is 9.69. The van der Waals surface area contributed by atoms with E-state index in [1.165, 1.54) is 50.8 Å². The van der Waals surface area contributed by atoms with Gasteiger partial charge in [-0.15, -0.1) is 11.8 Å². The number of carbonyl (C=O) groups is 3. The quantitative estimate of drug-likeness (QED) is 0.166. The molecule has 1 aromatic heterocycles. The minimum absolute atomic E-state index is 0.00961. The van der Waals surface area contributed by atoms with Gasteiger partial charge in [0.05, 0.1) is 39.3 Å². The molecule has 2 N–H and O–H groups in total. The van der Waals surface area contributed by atoms with Crippen LogP contribution in [0.4, 0.5) is 0 Å². The number of amides is 1. The first-order valence-corrected chi connectivity index (χ1v) is 18.6. The van der Waals surface area contributed by atoms with Crippen molar-refractivity contribution in [2.45, 2.75) is 49.6 Å². The predicted octanol–water partition coefficient (Wildman–Crippen LogP) is 5.84. The van der Waals surface area contributed by atoms with Gasteiger partial charge in [0, 0.05) is 60.4 Å². The highest BCUT2D eigenvalue weighted by molar-refractivity contribution is 7.98. The van der Waals surface area contributed by atoms with E-state index < -0.39 is 40.7 Å². The van der Waals surface area contributed by atoms with Crippen molar-refractivity contribution in [3.63, 3.8) is 0 Å². The Bertz CT molecular complexity index is 2270. The first kappa shape index (κ1) is 38.5. The summed E-state index contributed by atoms with van der Waals surface area (Å²) in [6, 6.07) is 11.9. The summed E-state index contributed by atoms with van der Waals surface area (Å²) in [6.07, 6.45) is 1.49. The third-order valence-electron chi connectivity index (χ3n) is 10.1. The zero-order valence-corrected chi connectivity index (χ0v) is 32.4. The maximum Gasteiger partial charge on any atom is 0.261 e. The molecule has 284 valence electrons. The summed E-state index contributed by atoms with van der Waals surface area (Å²) in [4.78, 5) is 61.1. The van der Waals surface area contributed by atoms with Gasteiger partial charge in [-0.1, -0.05) is 30.7 Å². The molecule has 13 nitrogen and oxygen atoms in total. The summed E-state index contributed by atoms with van der Waals surface area (Å²) in [5.74, 6) is -2.36. The Morgan fingerprint density at radius 2 is 1.69 bits per heavy atom. The number of benzene rings is 3. The number of aromatic nitrogens is 2. The normalized spacial score (nSPS) is 18.4. The minimum Gasteiger partial charge on any atom is -0.507 e. The highest BCUT2D eigenvalue weighted by Crippen LogP contribution is 2.55. The highest BCUT2D eigenvalue weighted by Gasteiger charge is 2.61. The third-order valence-corrected chi connectivity index (χ3v) is 11.2. The molecule has 0 saturated carbocycles. The number of hydrogen-bond acceptors (Lipinski definition) is 12. The van der Waals surface area contributed by atoms with Crippen LogP contribution in [-0.4, -0.2) is 79.0 Å². The summed E-state index contributed by atoms with van der Waals surface area (Å²) in [6.45, 7) is 3.48. The molecule has 0 fully saturated rings. The smallest absolute Gasteiger partial charge is 0.261 e. The first-order chi connectivity index (χ1) is 25.8. The minimum atomic E-state index is -2.02. The number of fused-ring (bicyclic) bond motifs is 2. The second-order valence-corrected chi connectivity index (χ2v) is 14.2. The van der Waals surface area contributed by atoms with Crippen LogP contribution in [0.1, 0.15) is 47.4 Å². The van der Waals surface area contributed by atoms with Crippen LogP contribution in [0.15, 0.2) is 63.5 Å². The average molecular weight is 778 g/mol. The largest absolute Gasteiger partial charge is 0.507 e. The van der Waals surface area contributed by atoms with Crippen LogP contribution < -0.4 is 34.6 Å². The van der Waals surface area contributed by atoms with Gasteiger partial charge in [-0.3, -0.25) is 23.7 Å². The lowest BCUT2D eigenvalue weighted by Crippen LogP contribution is -2.53. The first-order valence-electron chi connectivity index (χ1n) is 17.0. The van der Waals surface area contributed by atoms with Gasteiger partial charge >= 0.3 is 0 Å². The molecule has 0 saturated heterocycles. The molecular weight excluding hydrogens is 738 g/mol. The van der Waals surface area contributed by atoms with E-state index in [0.717, 1.165) is 4.90 Å². The van der Waals surface area contributed by atoms with Gasteiger partial charge < -0.3 is 34.1 Å². The monoisotopic (exact) mass is 777 g/mol. The highest BCUT2D eigenvalue weighted by atomic mass is 35.5. The predicted molar refractivity (Wildman–Crippen MR) is 203 cm³/mol. The lowest BCUT2D eigenvalue weighted by molar-refractivity contribution is -0.121. The molecule has 15 heteroatoms. The van der Waals surface area contributed by atoms with Crippen LogP contribution in [0.5, 0.6) is 28.7 Å². The molecule has 2 heterocycles. The second-order valence-electron chi connectivity index (χ2n) is 13.0. The fraction of sp³-hybridized carbons (Fsp3) is 0.359. The Labute approximate surface area is 320 Å². The van der Waals surface area contributed by atoms with E-state index in [4.69, 9.17) is 35.3 Å². The van der Waals surface area contributed by atoms with Crippen molar-refractivity contribution < 1.29 is 43.2 Å². The van der Waals surface area contributed by atoms with Gasteiger partial charge in [0.2, 0.25) is 17.3 Å². The fourth-order valence-electron chi connectivity index (χ4n) is 7.25. The number of rotatable bonds is 12. The number of methoxy groups -OCH3 is 4. The fourth-order valence-corrected chi connectivity index (χ4v) is 7.92. The zero-order valence-electron chi connectivity index (χ0n) is 30.8. The molecule has 1 amide bonds. The Kier molecular flexibility index (Phi) is 10.9. The van der Waals surface area contributed by atoms with Gasteiger partial charge in [0.1, 0.15) is 27.9 Å². The molecule has 3 aromatic carbocycles. The molecule has 2 aliphatic rings. The SMILES string of the molecule is COc1cc2nc(C)n(CCNC(=O)CC(C3=C(O)[C@@]4(Oc5c(Cl)c(OC)cc(OC)c5C4=O)[C@H](C)CC3=O)c3ccc(SC)cc3)c(=O)c2cc1OC. The zero-order chi connectivity index (χ0) is 39.1. The van der Waals surface area contributed by atoms with Crippen molar-refractivity contribution in [3.8, 4) is 28.7 Å². The van der Waals surface area contributed by atoms with E-state index in [0.29, 0.717) is 33.8 Å². The molecule has 1 aliphatic carbocycles. The Hall–Kier alpha value is -5.21. The number of ketones is 2. The maximum absolute atomic E-state index is 14.4. The van der Waals surface area contributed by atoms with E-state index in [9.17, 15) is 24.3 Å². The van der Waals surface area contributed by atoms with Crippen LogP contribution >= 0.6 is 23.4 Å². The standard InChI is InChI=1S/C39H40ClN3O10S/c1-19-14-26(44)32(36(46)39(19)37(47)33-29(51-5)18-30(52-6)34(40)35(33)53-39)23(21-8-10-22(54-7)11-9-21)16-31(45)41-12-13-43-20(2)42-25-17-28(50-4)27(49-3)15-24(25)38(43)48/h8-11,15,17-19,23,46H,12-14,16H2,1-7H3,(H,41,45)/t19-,23?,39+/m1/s1. The number of thioether (sulfide) groups is 1. The number of hydrogen-bond donors (Lipinski definition) is 2. The Morgan fingerprint density at radius 3 is 2.31 bits per heavy atom. The molecule has 54 heavy (non-hydrogen) atoms. The molecule has 0 bridgehead atoms. The van der Waals surface area contributed by atoms with Gasteiger partial charge in [-0.2, -0.15) is 0 Å². The van der Waals surface area contributed by atoms with Gasteiger partial charge in [0.25, 0.3) is 5.56 Å². The van der Waals surface area contributed by atoms with Gasteiger partial charge in [-0.05, 0) is 36.9 Å². The summed E-state index contributed by atoms with van der Waals surface area (Å²) in [5, 5.41) is 15.4. The second kappa shape index (κ2) is 15.3. The van der Waals surface area contributed by atoms with Crippen molar-refractivity contribution in [2.75, 3.05) is 41.2 Å². The number of Topliss-reactive ketones (excluding diaryl/α,β-unsaturated/α-hetero) is 2. The number of nitrogens with one attached hydrogen (secondary N) is 1. The van der Waals surface area contributed by atoms with Crippen LogP contribution in [-0.2, 0) is 16.1 Å². The van der Waals surface area contributed by atoms with E-state index in [1.54, 1.807) is 38.1 Å². The van der Waals surface area contributed by atoms with Crippen LogP contribution in [0, 0.1) is 12.8 Å². The number of halogens is 1. The molecule has 0 radical (unpaired) electrons. The number of allylic oxidation sites excluding steroid dienone is 1.